The highest BCUT2D eigenvalue weighted by Gasteiger charge is 2.17. The molecule has 2 aromatic carbocycles. The fourth-order valence-electron chi connectivity index (χ4n) is 1.64. The van der Waals surface area contributed by atoms with Gasteiger partial charge >= 0.3 is 5.97 Å². The van der Waals surface area contributed by atoms with Gasteiger partial charge in [0.05, 0.1) is 22.2 Å². The number of aromatic carboxylic acids is 1. The predicted octanol–water partition coefficient (Wildman–Crippen LogP) is 3.20. The van der Waals surface area contributed by atoms with Crippen LogP contribution in [0, 0.1) is 4.91 Å². The van der Waals surface area contributed by atoms with Crippen molar-refractivity contribution in [1.82, 2.24) is 0 Å². The molecule has 5 heteroatoms. The van der Waals surface area contributed by atoms with Crippen molar-refractivity contribution in [3.05, 3.63) is 65.1 Å². The van der Waals surface area contributed by atoms with Crippen LogP contribution in [0.4, 0.5) is 11.4 Å². The fourth-order valence-corrected chi connectivity index (χ4v) is 1.64. The van der Waals surface area contributed by atoms with E-state index in [2.05, 4.69) is 5.29 Å². The Bertz CT molecular complexity index is 569. The zero-order valence-corrected chi connectivity index (χ0v) is 9.35. The van der Waals surface area contributed by atoms with Crippen molar-refractivity contribution in [2.75, 3.05) is 5.01 Å². The number of nitrogens with zero attached hydrogens (tertiary/aromatic N) is 2. The minimum absolute atomic E-state index is 0.0287. The molecule has 0 heterocycles. The highest BCUT2D eigenvalue weighted by atomic mass is 16.4. The summed E-state index contributed by atoms with van der Waals surface area (Å²) in [5.41, 5.74) is 0.786. The number of nitroso groups, excluding NO2 is 1. The smallest absolute Gasteiger partial charge is 0.337 e. The van der Waals surface area contributed by atoms with Crippen LogP contribution in [0.1, 0.15) is 10.4 Å². The van der Waals surface area contributed by atoms with Gasteiger partial charge < -0.3 is 5.11 Å². The monoisotopic (exact) mass is 242 g/mol. The summed E-state index contributed by atoms with van der Waals surface area (Å²) in [6.45, 7) is 0. The van der Waals surface area contributed by atoms with Crippen LogP contribution in [0.3, 0.4) is 0 Å². The summed E-state index contributed by atoms with van der Waals surface area (Å²) in [5.74, 6) is -1.10. The van der Waals surface area contributed by atoms with Crippen LogP contribution in [0.25, 0.3) is 0 Å². The Morgan fingerprint density at radius 3 is 2.22 bits per heavy atom. The molecule has 18 heavy (non-hydrogen) atoms. The molecule has 0 saturated carbocycles. The minimum Gasteiger partial charge on any atom is -0.478 e. The lowest BCUT2D eigenvalue weighted by molar-refractivity contribution is 0.0697. The number of carbonyl (C=O) groups is 1. The van der Waals surface area contributed by atoms with E-state index in [1.165, 1.54) is 12.1 Å². The van der Waals surface area contributed by atoms with Crippen LogP contribution in [0.2, 0.25) is 0 Å². The number of carboxylic acid groups (broad SMARTS) is 1. The van der Waals surface area contributed by atoms with Crippen molar-refractivity contribution < 1.29 is 9.90 Å². The van der Waals surface area contributed by atoms with Crippen LogP contribution >= 0.6 is 0 Å². The minimum atomic E-state index is -1.10. The SMILES string of the molecule is O=NN(c1ccccc1)c1ccccc1C(=O)O. The molecule has 0 atom stereocenters. The molecule has 0 aromatic heterocycles. The van der Waals surface area contributed by atoms with Crippen molar-refractivity contribution in [3.8, 4) is 0 Å². The van der Waals surface area contributed by atoms with E-state index in [0.717, 1.165) is 5.01 Å². The maximum absolute atomic E-state index is 11.1. The largest absolute Gasteiger partial charge is 0.478 e. The van der Waals surface area contributed by atoms with E-state index in [4.69, 9.17) is 5.11 Å². The molecule has 0 bridgehead atoms. The van der Waals surface area contributed by atoms with Gasteiger partial charge in [0.15, 0.2) is 0 Å². The van der Waals surface area contributed by atoms with Gasteiger partial charge in [0, 0.05) is 0 Å². The summed E-state index contributed by atoms with van der Waals surface area (Å²) in [5, 5.41) is 13.0. The second kappa shape index (κ2) is 5.09. The van der Waals surface area contributed by atoms with Gasteiger partial charge in [0.25, 0.3) is 0 Å². The Morgan fingerprint density at radius 2 is 1.61 bits per heavy atom. The molecular formula is C13H10N2O3. The normalized spacial score (nSPS) is 9.78. The standard InChI is InChI=1S/C13H10N2O3/c16-13(17)11-8-4-5-9-12(11)15(14-18)10-6-2-1-3-7-10/h1-9H,(H,16,17). The number of hydrogen-bond acceptors (Lipinski definition) is 3. The summed E-state index contributed by atoms with van der Waals surface area (Å²) < 4.78 is 0. The van der Waals surface area contributed by atoms with Gasteiger partial charge in [-0.05, 0) is 24.3 Å². The number of rotatable bonds is 4. The van der Waals surface area contributed by atoms with Gasteiger partial charge in [-0.1, -0.05) is 30.3 Å². The number of para-hydroxylation sites is 2. The third-order valence-electron chi connectivity index (χ3n) is 2.45. The van der Waals surface area contributed by atoms with Crippen LogP contribution in [-0.4, -0.2) is 11.1 Å². The summed E-state index contributed by atoms with van der Waals surface area (Å²) in [4.78, 5) is 22.1. The van der Waals surface area contributed by atoms with Crippen molar-refractivity contribution >= 4 is 17.3 Å². The summed E-state index contributed by atoms with van der Waals surface area (Å²) in [6.07, 6.45) is 0. The second-order valence-electron chi connectivity index (χ2n) is 3.55. The quantitative estimate of drug-likeness (QED) is 0.660. The highest BCUT2D eigenvalue weighted by Crippen LogP contribution is 2.28. The van der Waals surface area contributed by atoms with Crippen LogP contribution in [0.15, 0.2) is 59.9 Å². The predicted molar refractivity (Wildman–Crippen MR) is 67.8 cm³/mol. The van der Waals surface area contributed by atoms with Gasteiger partial charge in [0.2, 0.25) is 0 Å². The molecule has 1 N–H and O–H groups in total. The van der Waals surface area contributed by atoms with Crippen LogP contribution in [0.5, 0.6) is 0 Å². The maximum Gasteiger partial charge on any atom is 0.337 e. The second-order valence-corrected chi connectivity index (χ2v) is 3.55. The van der Waals surface area contributed by atoms with Crippen LogP contribution < -0.4 is 5.01 Å². The average Bonchev–Trinajstić information content (AvgIpc) is 2.41. The maximum atomic E-state index is 11.1. The van der Waals surface area contributed by atoms with Crippen molar-refractivity contribution in [3.63, 3.8) is 0 Å². The van der Waals surface area contributed by atoms with E-state index in [1.54, 1.807) is 42.5 Å². The molecule has 0 aliphatic heterocycles. The van der Waals surface area contributed by atoms with E-state index in [1.807, 2.05) is 0 Å². The van der Waals surface area contributed by atoms with Crippen molar-refractivity contribution in [1.29, 1.82) is 0 Å². The number of benzene rings is 2. The molecule has 0 radical (unpaired) electrons. The zero-order valence-electron chi connectivity index (χ0n) is 9.35. The first-order valence-corrected chi connectivity index (χ1v) is 5.25. The van der Waals surface area contributed by atoms with E-state index >= 15 is 0 Å². The lowest BCUT2D eigenvalue weighted by Gasteiger charge is -2.16. The summed E-state index contributed by atoms with van der Waals surface area (Å²) in [6, 6.07) is 14.9. The highest BCUT2D eigenvalue weighted by molar-refractivity contribution is 5.95. The molecule has 2 rings (SSSR count). The molecule has 0 unspecified atom stereocenters. The molecule has 0 saturated heterocycles. The zero-order chi connectivity index (χ0) is 13.0. The Morgan fingerprint density at radius 1 is 1.00 bits per heavy atom. The molecule has 2 aromatic rings. The lowest BCUT2D eigenvalue weighted by atomic mass is 10.1. The third-order valence-corrected chi connectivity index (χ3v) is 2.45. The molecule has 0 amide bonds. The molecule has 90 valence electrons. The fraction of sp³-hybridized carbons (Fsp3) is 0. The Balaban J connectivity index is 2.52. The first-order chi connectivity index (χ1) is 8.74. The first-order valence-electron chi connectivity index (χ1n) is 5.25. The van der Waals surface area contributed by atoms with E-state index in [0.29, 0.717) is 5.69 Å². The Hall–Kier alpha value is -2.69. The molecule has 5 nitrogen and oxygen atoms in total. The van der Waals surface area contributed by atoms with E-state index in [9.17, 15) is 9.70 Å². The van der Waals surface area contributed by atoms with E-state index < -0.39 is 5.97 Å². The topological polar surface area (TPSA) is 70.0 Å². The van der Waals surface area contributed by atoms with E-state index in [-0.39, 0.29) is 11.3 Å². The third kappa shape index (κ3) is 2.20. The molecule has 0 aliphatic carbocycles. The van der Waals surface area contributed by atoms with Gasteiger partial charge in [-0.25, -0.2) is 4.79 Å². The summed E-state index contributed by atoms with van der Waals surface area (Å²) in [7, 11) is 0. The van der Waals surface area contributed by atoms with Crippen molar-refractivity contribution in [2.24, 2.45) is 5.29 Å². The van der Waals surface area contributed by atoms with Crippen molar-refractivity contribution in [2.45, 2.75) is 0 Å². The van der Waals surface area contributed by atoms with Gasteiger partial charge in [0.1, 0.15) is 0 Å². The van der Waals surface area contributed by atoms with Gasteiger partial charge in [-0.15, -0.1) is 4.91 Å². The molecule has 0 spiro atoms. The number of carboxylic acids is 1. The lowest BCUT2D eigenvalue weighted by Crippen LogP contribution is -2.12. The molecule has 0 aliphatic rings. The Kier molecular flexibility index (Phi) is 3.33. The average molecular weight is 242 g/mol. The number of anilines is 2. The van der Waals surface area contributed by atoms with Gasteiger partial charge in [-0.3, -0.25) is 0 Å². The van der Waals surface area contributed by atoms with Crippen LogP contribution in [-0.2, 0) is 0 Å². The molecular weight excluding hydrogens is 232 g/mol. The first kappa shape index (κ1) is 11.8. The Labute approximate surface area is 103 Å². The molecule has 0 fully saturated rings. The number of hydrogen-bond donors (Lipinski definition) is 1. The summed E-state index contributed by atoms with van der Waals surface area (Å²) >= 11 is 0. The van der Waals surface area contributed by atoms with Gasteiger partial charge in [-0.2, -0.15) is 5.01 Å².